The lowest BCUT2D eigenvalue weighted by Crippen LogP contribution is -2.33. The van der Waals surface area contributed by atoms with Gasteiger partial charge < -0.3 is 14.8 Å². The van der Waals surface area contributed by atoms with Crippen molar-refractivity contribution >= 4 is 41.0 Å². The van der Waals surface area contributed by atoms with E-state index in [9.17, 15) is 14.4 Å². The van der Waals surface area contributed by atoms with Crippen molar-refractivity contribution in [3.8, 4) is 0 Å². The Bertz CT molecular complexity index is 533. The molecule has 1 aromatic rings. The normalized spacial score (nSPS) is 9.75. The van der Waals surface area contributed by atoms with Crippen molar-refractivity contribution in [2.45, 2.75) is 0 Å². The maximum absolute atomic E-state index is 11.6. The summed E-state index contributed by atoms with van der Waals surface area (Å²) in [7, 11) is 1.19. The number of esters is 2. The van der Waals surface area contributed by atoms with E-state index >= 15 is 0 Å². The van der Waals surface area contributed by atoms with Crippen LogP contribution in [0.15, 0.2) is 18.2 Å². The van der Waals surface area contributed by atoms with Gasteiger partial charge in [0.15, 0.2) is 6.61 Å². The smallest absolute Gasteiger partial charge is 0.338 e. The van der Waals surface area contributed by atoms with Gasteiger partial charge >= 0.3 is 11.9 Å². The van der Waals surface area contributed by atoms with Crippen LogP contribution in [-0.2, 0) is 19.1 Å². The lowest BCUT2D eigenvalue weighted by Gasteiger charge is -2.06. The Morgan fingerprint density at radius 1 is 1.20 bits per heavy atom. The van der Waals surface area contributed by atoms with E-state index in [1.807, 2.05) is 0 Å². The lowest BCUT2D eigenvalue weighted by atomic mass is 10.2. The summed E-state index contributed by atoms with van der Waals surface area (Å²) < 4.78 is 9.08. The molecule has 0 aromatic heterocycles. The Morgan fingerprint density at radius 3 is 2.50 bits per heavy atom. The molecule has 0 fully saturated rings. The number of amides is 1. The summed E-state index contributed by atoms with van der Waals surface area (Å²) in [5.74, 6) is -1.95. The van der Waals surface area contributed by atoms with E-state index < -0.39 is 24.5 Å². The quantitative estimate of drug-likeness (QED) is 0.830. The summed E-state index contributed by atoms with van der Waals surface area (Å²) in [4.78, 5) is 33.7. The van der Waals surface area contributed by atoms with Crippen LogP contribution < -0.4 is 5.32 Å². The summed E-state index contributed by atoms with van der Waals surface area (Å²) >= 11 is 11.5. The van der Waals surface area contributed by atoms with Gasteiger partial charge in [-0.25, -0.2) is 4.79 Å². The highest BCUT2D eigenvalue weighted by atomic mass is 35.5. The minimum absolute atomic E-state index is 0.167. The van der Waals surface area contributed by atoms with Crippen molar-refractivity contribution in [1.82, 2.24) is 5.32 Å². The molecule has 0 spiro atoms. The number of carbonyl (C=O) groups excluding carboxylic acids is 3. The number of ether oxygens (including phenoxy) is 2. The van der Waals surface area contributed by atoms with Crippen LogP contribution >= 0.6 is 23.2 Å². The highest BCUT2D eigenvalue weighted by molar-refractivity contribution is 6.42. The second-order valence-corrected chi connectivity index (χ2v) is 4.37. The molecule has 0 radical (unpaired) electrons. The molecule has 1 aromatic carbocycles. The SMILES string of the molecule is COC(=O)CNC(=O)COC(=O)c1ccc(Cl)c(Cl)c1. The minimum atomic E-state index is -0.725. The maximum Gasteiger partial charge on any atom is 0.338 e. The van der Waals surface area contributed by atoms with Crippen LogP contribution in [0.2, 0.25) is 10.0 Å². The summed E-state index contributed by atoms with van der Waals surface area (Å²) in [5.41, 5.74) is 0.167. The molecule has 0 aliphatic heterocycles. The first kappa shape index (κ1) is 16.3. The molecule has 0 bridgehead atoms. The van der Waals surface area contributed by atoms with Crippen molar-refractivity contribution in [3.05, 3.63) is 33.8 Å². The molecule has 8 heteroatoms. The van der Waals surface area contributed by atoms with Crippen molar-refractivity contribution in [1.29, 1.82) is 0 Å². The average molecular weight is 320 g/mol. The number of rotatable bonds is 5. The molecule has 1 amide bonds. The number of hydrogen-bond acceptors (Lipinski definition) is 5. The molecule has 6 nitrogen and oxygen atoms in total. The van der Waals surface area contributed by atoms with Gasteiger partial charge in [0, 0.05) is 0 Å². The Balaban J connectivity index is 2.44. The first-order valence-corrected chi connectivity index (χ1v) is 6.15. The van der Waals surface area contributed by atoms with Crippen molar-refractivity contribution in [2.24, 2.45) is 0 Å². The van der Waals surface area contributed by atoms with Crippen LogP contribution in [0.3, 0.4) is 0 Å². The largest absolute Gasteiger partial charge is 0.468 e. The number of carbonyl (C=O) groups is 3. The van der Waals surface area contributed by atoms with Gasteiger partial charge in [-0.05, 0) is 18.2 Å². The molecule has 1 N–H and O–H groups in total. The Morgan fingerprint density at radius 2 is 1.90 bits per heavy atom. The third kappa shape index (κ3) is 5.07. The molecule has 0 atom stereocenters. The molecule has 0 saturated carbocycles. The summed E-state index contributed by atoms with van der Waals surface area (Å²) in [6, 6.07) is 4.19. The Hall–Kier alpha value is -1.79. The molecule has 108 valence electrons. The number of nitrogens with one attached hydrogen (secondary N) is 1. The van der Waals surface area contributed by atoms with E-state index in [0.717, 1.165) is 0 Å². The molecule has 0 aliphatic rings. The number of benzene rings is 1. The average Bonchev–Trinajstić information content (AvgIpc) is 2.44. The third-order valence-electron chi connectivity index (χ3n) is 2.15. The van der Waals surface area contributed by atoms with Crippen molar-refractivity contribution < 1.29 is 23.9 Å². The molecule has 0 saturated heterocycles. The topological polar surface area (TPSA) is 81.7 Å². The highest BCUT2D eigenvalue weighted by Gasteiger charge is 2.12. The summed E-state index contributed by atoms with van der Waals surface area (Å²) in [6.07, 6.45) is 0. The molecular weight excluding hydrogens is 309 g/mol. The molecule has 0 aliphatic carbocycles. The van der Waals surface area contributed by atoms with Crippen LogP contribution in [0.4, 0.5) is 0 Å². The molecule has 20 heavy (non-hydrogen) atoms. The van der Waals surface area contributed by atoms with E-state index in [-0.39, 0.29) is 17.1 Å². The van der Waals surface area contributed by atoms with Gasteiger partial charge in [-0.1, -0.05) is 23.2 Å². The first-order chi connectivity index (χ1) is 9.43. The summed E-state index contributed by atoms with van der Waals surface area (Å²) in [5, 5.41) is 2.73. The van der Waals surface area contributed by atoms with Crippen molar-refractivity contribution in [2.75, 3.05) is 20.3 Å². The van der Waals surface area contributed by atoms with Crippen LogP contribution in [0.5, 0.6) is 0 Å². The molecule has 0 heterocycles. The standard InChI is InChI=1S/C12H11Cl2NO5/c1-19-11(17)5-15-10(16)6-20-12(18)7-2-3-8(13)9(14)4-7/h2-4H,5-6H2,1H3,(H,15,16). The van der Waals surface area contributed by atoms with E-state index in [2.05, 4.69) is 10.1 Å². The first-order valence-electron chi connectivity index (χ1n) is 5.39. The fraction of sp³-hybridized carbons (Fsp3) is 0.250. The zero-order valence-electron chi connectivity index (χ0n) is 10.4. The van der Waals surface area contributed by atoms with Gasteiger partial charge in [-0.15, -0.1) is 0 Å². The molecule has 0 unspecified atom stereocenters. The summed E-state index contributed by atoms with van der Waals surface area (Å²) in [6.45, 7) is -0.810. The minimum Gasteiger partial charge on any atom is -0.468 e. The third-order valence-corrected chi connectivity index (χ3v) is 2.89. The highest BCUT2D eigenvalue weighted by Crippen LogP contribution is 2.22. The predicted octanol–water partition coefficient (Wildman–Crippen LogP) is 1.44. The van der Waals surface area contributed by atoms with Crippen LogP contribution in [-0.4, -0.2) is 38.1 Å². The fourth-order valence-electron chi connectivity index (χ4n) is 1.13. The second-order valence-electron chi connectivity index (χ2n) is 3.56. The van der Waals surface area contributed by atoms with Gasteiger partial charge in [0.25, 0.3) is 5.91 Å². The molecular formula is C12H11Cl2NO5. The molecule has 1 rings (SSSR count). The maximum atomic E-state index is 11.6. The van der Waals surface area contributed by atoms with Crippen LogP contribution in [0.25, 0.3) is 0 Å². The van der Waals surface area contributed by atoms with E-state index in [1.165, 1.54) is 25.3 Å². The fourth-order valence-corrected chi connectivity index (χ4v) is 1.43. The van der Waals surface area contributed by atoms with Gasteiger partial charge in [0.2, 0.25) is 0 Å². The predicted molar refractivity (Wildman–Crippen MR) is 71.8 cm³/mol. The lowest BCUT2D eigenvalue weighted by molar-refractivity contribution is -0.141. The Labute approximate surface area is 124 Å². The van der Waals surface area contributed by atoms with Crippen LogP contribution in [0.1, 0.15) is 10.4 Å². The van der Waals surface area contributed by atoms with E-state index in [0.29, 0.717) is 5.02 Å². The van der Waals surface area contributed by atoms with Gasteiger partial charge in [0.05, 0.1) is 22.7 Å². The van der Waals surface area contributed by atoms with Crippen molar-refractivity contribution in [3.63, 3.8) is 0 Å². The van der Waals surface area contributed by atoms with Gasteiger partial charge in [0.1, 0.15) is 6.54 Å². The number of methoxy groups -OCH3 is 1. The zero-order chi connectivity index (χ0) is 15.1. The second kappa shape index (κ2) is 7.72. The Kier molecular flexibility index (Phi) is 6.27. The number of halogens is 2. The van der Waals surface area contributed by atoms with Crippen LogP contribution in [0, 0.1) is 0 Å². The van der Waals surface area contributed by atoms with E-state index in [4.69, 9.17) is 27.9 Å². The van der Waals surface area contributed by atoms with Gasteiger partial charge in [-0.3, -0.25) is 9.59 Å². The van der Waals surface area contributed by atoms with Gasteiger partial charge in [-0.2, -0.15) is 0 Å². The number of hydrogen-bond donors (Lipinski definition) is 1. The zero-order valence-corrected chi connectivity index (χ0v) is 12.0. The monoisotopic (exact) mass is 319 g/mol. The van der Waals surface area contributed by atoms with E-state index in [1.54, 1.807) is 0 Å².